The maximum Gasteiger partial charge on any atom is 0.573 e. The topological polar surface area (TPSA) is 44.8 Å². The highest BCUT2D eigenvalue weighted by molar-refractivity contribution is 6.31. The van der Waals surface area contributed by atoms with Crippen LogP contribution in [0.15, 0.2) is 36.4 Å². The lowest BCUT2D eigenvalue weighted by Crippen LogP contribution is -2.16. The van der Waals surface area contributed by atoms with Crippen molar-refractivity contribution in [2.24, 2.45) is 0 Å². The van der Waals surface area contributed by atoms with Gasteiger partial charge in [-0.15, -0.1) is 13.2 Å². The second-order valence-electron chi connectivity index (χ2n) is 4.35. The second kappa shape index (κ2) is 6.96. The molecule has 0 N–H and O–H groups in total. The number of alkyl halides is 3. The minimum Gasteiger partial charge on any atom is -0.465 e. The maximum absolute atomic E-state index is 14.0. The molecule has 0 unspecified atom stereocenters. The molecule has 0 amide bonds. The summed E-state index contributed by atoms with van der Waals surface area (Å²) in [5.41, 5.74) is -0.527. The van der Waals surface area contributed by atoms with Gasteiger partial charge in [-0.05, 0) is 36.4 Å². The third-order valence-electron chi connectivity index (χ3n) is 2.73. The molecular formula is C15H9ClF4O4. The zero-order valence-corrected chi connectivity index (χ0v) is 12.7. The van der Waals surface area contributed by atoms with Gasteiger partial charge in [0.15, 0.2) is 5.82 Å². The van der Waals surface area contributed by atoms with E-state index in [2.05, 4.69) is 9.47 Å². The van der Waals surface area contributed by atoms with Crippen molar-refractivity contribution in [1.82, 2.24) is 0 Å². The number of hydrogen-bond donors (Lipinski definition) is 0. The van der Waals surface area contributed by atoms with Gasteiger partial charge in [-0.25, -0.2) is 9.18 Å². The largest absolute Gasteiger partial charge is 0.573 e. The van der Waals surface area contributed by atoms with E-state index in [9.17, 15) is 22.4 Å². The van der Waals surface area contributed by atoms with Crippen LogP contribution in [0, 0.1) is 5.82 Å². The number of esters is 1. The monoisotopic (exact) mass is 364 g/mol. The highest BCUT2D eigenvalue weighted by atomic mass is 35.5. The average molecular weight is 365 g/mol. The Labute approximate surface area is 138 Å². The molecular weight excluding hydrogens is 356 g/mol. The summed E-state index contributed by atoms with van der Waals surface area (Å²) in [5.74, 6) is -2.64. The molecule has 24 heavy (non-hydrogen) atoms. The molecule has 0 radical (unpaired) electrons. The van der Waals surface area contributed by atoms with Crippen molar-refractivity contribution in [2.75, 3.05) is 7.11 Å². The lowest BCUT2D eigenvalue weighted by molar-refractivity contribution is -0.274. The first-order chi connectivity index (χ1) is 11.2. The number of hydrogen-bond acceptors (Lipinski definition) is 4. The Balaban J connectivity index is 2.28. The fourth-order valence-electron chi connectivity index (χ4n) is 1.75. The Hall–Kier alpha value is -2.48. The number of carbonyl (C=O) groups is 1. The highest BCUT2D eigenvalue weighted by Crippen LogP contribution is 2.33. The van der Waals surface area contributed by atoms with Gasteiger partial charge in [-0.1, -0.05) is 11.6 Å². The molecule has 0 atom stereocenters. The first kappa shape index (κ1) is 17.9. The lowest BCUT2D eigenvalue weighted by atomic mass is 10.2. The Morgan fingerprint density at radius 2 is 1.62 bits per heavy atom. The lowest BCUT2D eigenvalue weighted by Gasteiger charge is -2.12. The molecule has 0 saturated carbocycles. The fourth-order valence-corrected chi connectivity index (χ4v) is 1.90. The summed E-state index contributed by atoms with van der Waals surface area (Å²) in [6, 6.07) is 6.74. The van der Waals surface area contributed by atoms with Crippen molar-refractivity contribution >= 4 is 17.6 Å². The van der Waals surface area contributed by atoms with Crippen LogP contribution >= 0.6 is 11.6 Å². The predicted molar refractivity (Wildman–Crippen MR) is 75.9 cm³/mol. The number of rotatable bonds is 4. The van der Waals surface area contributed by atoms with Crippen molar-refractivity contribution < 1.29 is 36.6 Å². The van der Waals surface area contributed by atoms with Crippen molar-refractivity contribution in [1.29, 1.82) is 0 Å². The summed E-state index contributed by atoms with van der Waals surface area (Å²) in [6.45, 7) is 0. The number of carbonyl (C=O) groups excluding carboxylic acids is 1. The van der Waals surface area contributed by atoms with Gasteiger partial charge in [-0.3, -0.25) is 0 Å². The SMILES string of the molecule is COC(=O)c1c(Oc2ccc(OC(F)(F)F)cc2)ccc(Cl)c1F. The van der Waals surface area contributed by atoms with Crippen LogP contribution in [-0.2, 0) is 4.74 Å². The van der Waals surface area contributed by atoms with Gasteiger partial charge < -0.3 is 14.2 Å². The van der Waals surface area contributed by atoms with Gasteiger partial charge in [0.25, 0.3) is 0 Å². The van der Waals surface area contributed by atoms with E-state index in [1.54, 1.807) is 0 Å². The first-order valence-electron chi connectivity index (χ1n) is 6.31. The van der Waals surface area contributed by atoms with Crippen molar-refractivity contribution in [3.05, 3.63) is 52.8 Å². The Bertz CT molecular complexity index is 744. The molecule has 0 spiro atoms. The van der Waals surface area contributed by atoms with E-state index in [-0.39, 0.29) is 16.5 Å². The van der Waals surface area contributed by atoms with Crippen LogP contribution in [-0.4, -0.2) is 19.4 Å². The summed E-state index contributed by atoms with van der Waals surface area (Å²) < 4.78 is 63.8. The van der Waals surface area contributed by atoms with E-state index in [1.807, 2.05) is 0 Å². The molecule has 0 aliphatic rings. The van der Waals surface area contributed by atoms with E-state index in [4.69, 9.17) is 16.3 Å². The number of ether oxygens (including phenoxy) is 3. The van der Waals surface area contributed by atoms with E-state index in [0.717, 1.165) is 31.4 Å². The smallest absolute Gasteiger partial charge is 0.465 e. The Morgan fingerprint density at radius 3 is 2.17 bits per heavy atom. The molecule has 0 fully saturated rings. The third kappa shape index (κ3) is 4.29. The van der Waals surface area contributed by atoms with Gasteiger partial charge in [0, 0.05) is 0 Å². The van der Waals surface area contributed by atoms with Crippen LogP contribution in [0.1, 0.15) is 10.4 Å². The molecule has 2 aromatic carbocycles. The standard InChI is InChI=1S/C15H9ClF4O4/c1-22-14(21)12-11(7-6-10(16)13(12)17)23-8-2-4-9(5-3-8)24-15(18,19)20/h2-7H,1H3. The van der Waals surface area contributed by atoms with Crippen LogP contribution in [0.4, 0.5) is 17.6 Å². The summed E-state index contributed by atoms with van der Waals surface area (Å²) >= 11 is 5.61. The molecule has 0 aliphatic carbocycles. The van der Waals surface area contributed by atoms with Crippen LogP contribution in [0.3, 0.4) is 0 Å². The molecule has 0 aromatic heterocycles. The molecule has 0 saturated heterocycles. The number of methoxy groups -OCH3 is 1. The number of benzene rings is 2. The van der Waals surface area contributed by atoms with Crippen molar-refractivity contribution in [3.8, 4) is 17.2 Å². The van der Waals surface area contributed by atoms with Crippen molar-refractivity contribution in [3.63, 3.8) is 0 Å². The van der Waals surface area contributed by atoms with Gasteiger partial charge in [0.05, 0.1) is 12.1 Å². The third-order valence-corrected chi connectivity index (χ3v) is 3.02. The maximum atomic E-state index is 14.0. The van der Waals surface area contributed by atoms with E-state index in [0.29, 0.717) is 0 Å². The highest BCUT2D eigenvalue weighted by Gasteiger charge is 2.31. The number of halogens is 5. The van der Waals surface area contributed by atoms with Gasteiger partial charge in [0.1, 0.15) is 22.8 Å². The minimum absolute atomic E-state index is 0.0522. The zero-order chi connectivity index (χ0) is 17.9. The Kier molecular flexibility index (Phi) is 5.18. The predicted octanol–water partition coefficient (Wildman–Crippen LogP) is 4.96. The van der Waals surface area contributed by atoms with Gasteiger partial charge >= 0.3 is 12.3 Å². The fraction of sp³-hybridized carbons (Fsp3) is 0.133. The Morgan fingerprint density at radius 1 is 1.04 bits per heavy atom. The molecule has 2 rings (SSSR count). The molecule has 2 aromatic rings. The normalized spacial score (nSPS) is 11.1. The van der Waals surface area contributed by atoms with Crippen LogP contribution < -0.4 is 9.47 Å². The van der Waals surface area contributed by atoms with Crippen molar-refractivity contribution in [2.45, 2.75) is 6.36 Å². The van der Waals surface area contributed by atoms with Gasteiger partial charge in [-0.2, -0.15) is 0 Å². The molecule has 4 nitrogen and oxygen atoms in total. The van der Waals surface area contributed by atoms with Crippen LogP contribution in [0.25, 0.3) is 0 Å². The van der Waals surface area contributed by atoms with E-state index < -0.39 is 29.5 Å². The zero-order valence-electron chi connectivity index (χ0n) is 12.0. The molecule has 0 aliphatic heterocycles. The molecule has 9 heteroatoms. The van der Waals surface area contributed by atoms with E-state index in [1.165, 1.54) is 12.1 Å². The van der Waals surface area contributed by atoms with Gasteiger partial charge in [0.2, 0.25) is 0 Å². The van der Waals surface area contributed by atoms with E-state index >= 15 is 0 Å². The summed E-state index contributed by atoms with van der Waals surface area (Å²) in [4.78, 5) is 11.7. The summed E-state index contributed by atoms with van der Waals surface area (Å²) in [5, 5.41) is -0.309. The quantitative estimate of drug-likeness (QED) is 0.568. The van der Waals surface area contributed by atoms with Crippen LogP contribution in [0.2, 0.25) is 5.02 Å². The van der Waals surface area contributed by atoms with Crippen LogP contribution in [0.5, 0.6) is 17.2 Å². The molecule has 128 valence electrons. The first-order valence-corrected chi connectivity index (χ1v) is 6.69. The summed E-state index contributed by atoms with van der Waals surface area (Å²) in [6.07, 6.45) is -4.82. The summed E-state index contributed by atoms with van der Waals surface area (Å²) in [7, 11) is 1.05. The molecule has 0 heterocycles. The molecule has 0 bridgehead atoms. The second-order valence-corrected chi connectivity index (χ2v) is 4.75. The average Bonchev–Trinajstić information content (AvgIpc) is 2.51. The minimum atomic E-state index is -4.82.